The van der Waals surface area contributed by atoms with Crippen molar-refractivity contribution in [2.24, 2.45) is 0 Å². The Morgan fingerprint density at radius 1 is 1.16 bits per heavy atom. The summed E-state index contributed by atoms with van der Waals surface area (Å²) in [7, 11) is 0. The van der Waals surface area contributed by atoms with Gasteiger partial charge in [0.05, 0.1) is 18.6 Å². The fourth-order valence-electron chi connectivity index (χ4n) is 3.52. The zero-order chi connectivity index (χ0) is 18.4. The van der Waals surface area contributed by atoms with E-state index in [0.717, 1.165) is 36.1 Å². The fourth-order valence-corrected chi connectivity index (χ4v) is 3.52. The zero-order valence-corrected chi connectivity index (χ0v) is 15.6. The number of amides is 2. The maximum absolute atomic E-state index is 12.6. The van der Waals surface area contributed by atoms with Gasteiger partial charge in [0.15, 0.2) is 0 Å². The molecular weight excluding hydrogens is 316 g/mol. The van der Waals surface area contributed by atoms with E-state index in [-0.39, 0.29) is 24.8 Å². The first-order chi connectivity index (χ1) is 11.8. The van der Waals surface area contributed by atoms with Crippen LogP contribution < -0.4 is 5.32 Å². The maximum atomic E-state index is 12.6. The molecule has 138 valence electrons. The Balaban J connectivity index is 1.96. The molecule has 2 N–H and O–H groups in total. The number of aryl methyl sites for hydroxylation is 2. The summed E-state index contributed by atoms with van der Waals surface area (Å²) in [5.41, 5.74) is 1.91. The Labute approximate surface area is 150 Å². The van der Waals surface area contributed by atoms with E-state index in [1.807, 2.05) is 39.0 Å². The second kappa shape index (κ2) is 8.48. The van der Waals surface area contributed by atoms with Crippen molar-refractivity contribution >= 4 is 17.5 Å². The van der Waals surface area contributed by atoms with Gasteiger partial charge in [-0.1, -0.05) is 37.5 Å². The van der Waals surface area contributed by atoms with Crippen LogP contribution in [-0.2, 0) is 9.59 Å². The molecular formula is C20H30N2O3. The SMILES string of the molecule is CCN(CC(=O)Nc1c(C)cccc1C)C(=O)CC1(O)CCCCC1. The summed E-state index contributed by atoms with van der Waals surface area (Å²) in [4.78, 5) is 26.5. The Kier molecular flexibility index (Phi) is 6.59. The van der Waals surface area contributed by atoms with Gasteiger partial charge in [-0.3, -0.25) is 9.59 Å². The molecule has 0 spiro atoms. The van der Waals surface area contributed by atoms with Gasteiger partial charge in [0.2, 0.25) is 11.8 Å². The number of hydrogen-bond donors (Lipinski definition) is 2. The summed E-state index contributed by atoms with van der Waals surface area (Å²) in [5.74, 6) is -0.355. The van der Waals surface area contributed by atoms with Crippen LogP contribution >= 0.6 is 0 Å². The van der Waals surface area contributed by atoms with Crippen LogP contribution in [0.1, 0.15) is 56.6 Å². The molecule has 1 aromatic rings. The number of para-hydroxylation sites is 1. The summed E-state index contributed by atoms with van der Waals surface area (Å²) >= 11 is 0. The number of nitrogens with one attached hydrogen (secondary N) is 1. The van der Waals surface area contributed by atoms with Gasteiger partial charge in [-0.15, -0.1) is 0 Å². The third-order valence-corrected chi connectivity index (χ3v) is 5.08. The Morgan fingerprint density at radius 2 is 1.76 bits per heavy atom. The van der Waals surface area contributed by atoms with Crippen LogP contribution in [0.5, 0.6) is 0 Å². The van der Waals surface area contributed by atoms with Crippen molar-refractivity contribution in [1.29, 1.82) is 0 Å². The molecule has 5 heteroatoms. The van der Waals surface area contributed by atoms with Crippen molar-refractivity contribution in [3.8, 4) is 0 Å². The van der Waals surface area contributed by atoms with E-state index in [1.165, 1.54) is 4.90 Å². The van der Waals surface area contributed by atoms with Crippen molar-refractivity contribution in [1.82, 2.24) is 4.90 Å². The molecule has 1 fully saturated rings. The van der Waals surface area contributed by atoms with Crippen LogP contribution in [0.2, 0.25) is 0 Å². The maximum Gasteiger partial charge on any atom is 0.244 e. The number of rotatable bonds is 6. The van der Waals surface area contributed by atoms with Gasteiger partial charge in [0, 0.05) is 12.2 Å². The van der Waals surface area contributed by atoms with Gasteiger partial charge >= 0.3 is 0 Å². The minimum atomic E-state index is -0.897. The lowest BCUT2D eigenvalue weighted by molar-refractivity contribution is -0.140. The lowest BCUT2D eigenvalue weighted by Gasteiger charge is -2.33. The summed E-state index contributed by atoms with van der Waals surface area (Å²) in [6.45, 7) is 6.22. The number of nitrogens with zero attached hydrogens (tertiary/aromatic N) is 1. The molecule has 1 aromatic carbocycles. The average Bonchev–Trinajstić information content (AvgIpc) is 2.56. The van der Waals surface area contributed by atoms with Gasteiger partial charge in [0.1, 0.15) is 0 Å². The summed E-state index contributed by atoms with van der Waals surface area (Å²) in [6.07, 6.45) is 4.49. The molecule has 1 aliphatic rings. The zero-order valence-electron chi connectivity index (χ0n) is 15.6. The summed E-state index contributed by atoms with van der Waals surface area (Å²) in [6, 6.07) is 5.85. The van der Waals surface area contributed by atoms with Crippen LogP contribution in [0.4, 0.5) is 5.69 Å². The van der Waals surface area contributed by atoms with E-state index >= 15 is 0 Å². The van der Waals surface area contributed by atoms with Crippen molar-refractivity contribution in [3.05, 3.63) is 29.3 Å². The van der Waals surface area contributed by atoms with Crippen LogP contribution in [0.3, 0.4) is 0 Å². The third-order valence-electron chi connectivity index (χ3n) is 5.08. The number of anilines is 1. The van der Waals surface area contributed by atoms with E-state index < -0.39 is 5.60 Å². The van der Waals surface area contributed by atoms with Gasteiger partial charge in [-0.25, -0.2) is 0 Å². The summed E-state index contributed by atoms with van der Waals surface area (Å²) in [5, 5.41) is 13.5. The highest BCUT2D eigenvalue weighted by atomic mass is 16.3. The molecule has 25 heavy (non-hydrogen) atoms. The van der Waals surface area contributed by atoms with Gasteiger partial charge in [-0.05, 0) is 44.7 Å². The van der Waals surface area contributed by atoms with Gasteiger partial charge in [0.25, 0.3) is 0 Å². The van der Waals surface area contributed by atoms with E-state index in [4.69, 9.17) is 0 Å². The first-order valence-electron chi connectivity index (χ1n) is 9.21. The lowest BCUT2D eigenvalue weighted by Crippen LogP contribution is -2.43. The quantitative estimate of drug-likeness (QED) is 0.831. The molecule has 0 bridgehead atoms. The molecule has 2 amide bonds. The first kappa shape index (κ1) is 19.4. The van der Waals surface area contributed by atoms with Gasteiger partial charge < -0.3 is 15.3 Å². The molecule has 0 aliphatic heterocycles. The fraction of sp³-hybridized carbons (Fsp3) is 0.600. The standard InChI is InChI=1S/C20H30N2O3/c1-4-22(18(24)13-20(25)11-6-5-7-12-20)14-17(23)21-19-15(2)9-8-10-16(19)3/h8-10,25H,4-7,11-14H2,1-3H3,(H,21,23). The molecule has 2 rings (SSSR count). The van der Waals surface area contributed by atoms with Crippen LogP contribution in [0.25, 0.3) is 0 Å². The predicted octanol–water partition coefficient (Wildman–Crippen LogP) is 3.18. The number of aliphatic hydroxyl groups is 1. The van der Waals surface area contributed by atoms with E-state index in [2.05, 4.69) is 5.32 Å². The largest absolute Gasteiger partial charge is 0.389 e. The molecule has 0 aromatic heterocycles. The molecule has 1 saturated carbocycles. The highest BCUT2D eigenvalue weighted by Gasteiger charge is 2.33. The third kappa shape index (κ3) is 5.30. The lowest BCUT2D eigenvalue weighted by atomic mass is 9.82. The topological polar surface area (TPSA) is 69.6 Å². The Bertz CT molecular complexity index is 601. The number of hydrogen-bond acceptors (Lipinski definition) is 3. The van der Waals surface area contributed by atoms with Gasteiger partial charge in [-0.2, -0.15) is 0 Å². The van der Waals surface area contributed by atoms with Crippen LogP contribution in [0.15, 0.2) is 18.2 Å². The smallest absolute Gasteiger partial charge is 0.244 e. The summed E-state index contributed by atoms with van der Waals surface area (Å²) < 4.78 is 0. The second-order valence-corrected chi connectivity index (χ2v) is 7.18. The predicted molar refractivity (Wildman–Crippen MR) is 99.5 cm³/mol. The minimum Gasteiger partial charge on any atom is -0.389 e. The number of carbonyl (C=O) groups is 2. The molecule has 0 saturated heterocycles. The van der Waals surface area contributed by atoms with Crippen molar-refractivity contribution in [2.45, 2.75) is 64.9 Å². The normalized spacial score (nSPS) is 16.3. The molecule has 0 heterocycles. The van der Waals surface area contributed by atoms with Crippen LogP contribution in [0, 0.1) is 13.8 Å². The van der Waals surface area contributed by atoms with Crippen molar-refractivity contribution < 1.29 is 14.7 Å². The van der Waals surface area contributed by atoms with E-state index in [9.17, 15) is 14.7 Å². The number of likely N-dealkylation sites (N-methyl/N-ethyl adjacent to an activating group) is 1. The minimum absolute atomic E-state index is 0.0131. The molecule has 0 radical (unpaired) electrons. The van der Waals surface area contributed by atoms with E-state index in [1.54, 1.807) is 0 Å². The first-order valence-corrected chi connectivity index (χ1v) is 9.21. The molecule has 0 unspecified atom stereocenters. The highest BCUT2D eigenvalue weighted by molar-refractivity contribution is 5.95. The second-order valence-electron chi connectivity index (χ2n) is 7.18. The average molecular weight is 346 g/mol. The van der Waals surface area contributed by atoms with Crippen LogP contribution in [-0.4, -0.2) is 40.5 Å². The van der Waals surface area contributed by atoms with Crippen molar-refractivity contribution in [3.63, 3.8) is 0 Å². The van der Waals surface area contributed by atoms with E-state index in [0.29, 0.717) is 19.4 Å². The highest BCUT2D eigenvalue weighted by Crippen LogP contribution is 2.31. The Morgan fingerprint density at radius 3 is 2.32 bits per heavy atom. The Hall–Kier alpha value is -1.88. The number of carbonyl (C=O) groups excluding carboxylic acids is 2. The molecule has 5 nitrogen and oxygen atoms in total. The molecule has 0 atom stereocenters. The van der Waals surface area contributed by atoms with Crippen molar-refractivity contribution in [2.75, 3.05) is 18.4 Å². The number of benzene rings is 1. The molecule has 1 aliphatic carbocycles. The monoisotopic (exact) mass is 346 g/mol.